The van der Waals surface area contributed by atoms with Gasteiger partial charge >= 0.3 is 0 Å². The van der Waals surface area contributed by atoms with Gasteiger partial charge in [-0.25, -0.2) is 0 Å². The van der Waals surface area contributed by atoms with Crippen molar-refractivity contribution in [3.8, 4) is 0 Å². The Morgan fingerprint density at radius 3 is 2.67 bits per heavy atom. The maximum Gasteiger partial charge on any atom is 0.0243 e. The van der Waals surface area contributed by atoms with Crippen LogP contribution in [0.4, 0.5) is 0 Å². The second-order valence-corrected chi connectivity index (χ2v) is 4.60. The van der Waals surface area contributed by atoms with Crippen LogP contribution in [0, 0.1) is 5.92 Å². The molecule has 0 radical (unpaired) electrons. The molecular weight excluding hydrogens is 168 g/mol. The van der Waals surface area contributed by atoms with Crippen LogP contribution >= 0.6 is 11.8 Å². The second-order valence-electron chi connectivity index (χ2n) is 3.61. The lowest BCUT2D eigenvalue weighted by Gasteiger charge is -2.26. The van der Waals surface area contributed by atoms with Crippen molar-refractivity contribution >= 4 is 11.8 Å². The third-order valence-corrected chi connectivity index (χ3v) is 3.21. The van der Waals surface area contributed by atoms with Gasteiger partial charge in [0.15, 0.2) is 0 Å². The van der Waals surface area contributed by atoms with E-state index in [2.05, 4.69) is 18.2 Å². The molecule has 0 aromatic heterocycles. The van der Waals surface area contributed by atoms with Crippen LogP contribution < -0.4 is 5.73 Å². The normalized spacial score (nSPS) is 20.0. The Hall–Kier alpha value is 0.270. The highest BCUT2D eigenvalue weighted by Gasteiger charge is 2.32. The fourth-order valence-corrected chi connectivity index (χ4v) is 2.08. The van der Waals surface area contributed by atoms with Crippen LogP contribution in [0.15, 0.2) is 0 Å². The fourth-order valence-electron chi connectivity index (χ4n) is 1.61. The standard InChI is InChI=1S/C9H20N2S/c1-11(5-6-12-2)9(7-10)8-3-4-8/h8-9H,3-7,10H2,1-2H3. The van der Waals surface area contributed by atoms with E-state index in [1.165, 1.54) is 25.1 Å². The van der Waals surface area contributed by atoms with Crippen LogP contribution in [0.5, 0.6) is 0 Å². The van der Waals surface area contributed by atoms with Gasteiger partial charge in [-0.2, -0.15) is 11.8 Å². The van der Waals surface area contributed by atoms with Crippen molar-refractivity contribution in [2.45, 2.75) is 18.9 Å². The predicted octanol–water partition coefficient (Wildman–Crippen LogP) is 1.02. The molecule has 1 aliphatic carbocycles. The summed E-state index contributed by atoms with van der Waals surface area (Å²) in [5.74, 6) is 2.13. The zero-order valence-corrected chi connectivity index (χ0v) is 8.94. The molecule has 2 N–H and O–H groups in total. The average Bonchev–Trinajstić information content (AvgIpc) is 2.86. The third-order valence-electron chi connectivity index (χ3n) is 2.62. The van der Waals surface area contributed by atoms with Gasteiger partial charge in [-0.15, -0.1) is 0 Å². The fraction of sp³-hybridized carbons (Fsp3) is 1.00. The topological polar surface area (TPSA) is 29.3 Å². The minimum absolute atomic E-state index is 0.650. The Labute approximate surface area is 79.9 Å². The highest BCUT2D eigenvalue weighted by Crippen LogP contribution is 2.34. The first-order chi connectivity index (χ1) is 5.79. The summed E-state index contributed by atoms with van der Waals surface area (Å²) in [6.07, 6.45) is 4.94. The molecule has 0 heterocycles. The van der Waals surface area contributed by atoms with E-state index in [1.807, 2.05) is 11.8 Å². The van der Waals surface area contributed by atoms with Gasteiger partial charge in [0.05, 0.1) is 0 Å². The molecule has 1 fully saturated rings. The van der Waals surface area contributed by atoms with Crippen LogP contribution in [0.3, 0.4) is 0 Å². The lowest BCUT2D eigenvalue weighted by Crippen LogP contribution is -2.40. The number of hydrogen-bond donors (Lipinski definition) is 1. The Morgan fingerprint density at radius 2 is 2.25 bits per heavy atom. The first kappa shape index (κ1) is 10.4. The number of rotatable bonds is 6. The van der Waals surface area contributed by atoms with Crippen molar-refractivity contribution in [1.82, 2.24) is 4.90 Å². The van der Waals surface area contributed by atoms with Crippen LogP contribution in [-0.2, 0) is 0 Å². The second kappa shape index (κ2) is 5.10. The molecule has 72 valence electrons. The van der Waals surface area contributed by atoms with Crippen molar-refractivity contribution in [3.63, 3.8) is 0 Å². The zero-order chi connectivity index (χ0) is 8.97. The van der Waals surface area contributed by atoms with E-state index in [4.69, 9.17) is 5.73 Å². The summed E-state index contributed by atoms with van der Waals surface area (Å²) in [7, 11) is 2.20. The molecule has 3 heteroatoms. The minimum atomic E-state index is 0.650. The highest BCUT2D eigenvalue weighted by molar-refractivity contribution is 7.98. The summed E-state index contributed by atoms with van der Waals surface area (Å²) in [4.78, 5) is 2.42. The lowest BCUT2D eigenvalue weighted by atomic mass is 10.1. The van der Waals surface area contributed by atoms with Crippen molar-refractivity contribution in [3.05, 3.63) is 0 Å². The molecule has 0 aromatic rings. The summed E-state index contributed by atoms with van der Waals surface area (Å²) < 4.78 is 0. The van der Waals surface area contributed by atoms with Crippen LogP contribution in [0.1, 0.15) is 12.8 Å². The Balaban J connectivity index is 2.21. The summed E-state index contributed by atoms with van der Waals surface area (Å²) in [6.45, 7) is 2.01. The van der Waals surface area contributed by atoms with Crippen molar-refractivity contribution in [1.29, 1.82) is 0 Å². The molecule has 1 saturated carbocycles. The molecule has 0 bridgehead atoms. The summed E-state index contributed by atoms with van der Waals surface area (Å²) in [5.41, 5.74) is 5.74. The number of hydrogen-bond acceptors (Lipinski definition) is 3. The van der Waals surface area contributed by atoms with Gasteiger partial charge in [-0.3, -0.25) is 0 Å². The largest absolute Gasteiger partial charge is 0.329 e. The molecule has 12 heavy (non-hydrogen) atoms. The maximum absolute atomic E-state index is 5.74. The predicted molar refractivity (Wildman–Crippen MR) is 56.6 cm³/mol. The first-order valence-electron chi connectivity index (χ1n) is 4.68. The molecule has 0 aliphatic heterocycles. The summed E-state index contributed by atoms with van der Waals surface area (Å²) in [5, 5.41) is 0. The zero-order valence-electron chi connectivity index (χ0n) is 8.12. The van der Waals surface area contributed by atoms with Gasteiger partial charge in [-0.05, 0) is 32.1 Å². The Kier molecular flexibility index (Phi) is 4.40. The SMILES string of the molecule is CSCCN(C)C(CN)C1CC1. The van der Waals surface area contributed by atoms with Gasteiger partial charge in [0.1, 0.15) is 0 Å². The molecule has 1 atom stereocenters. The maximum atomic E-state index is 5.74. The number of nitrogens with zero attached hydrogens (tertiary/aromatic N) is 1. The van der Waals surface area contributed by atoms with E-state index in [0.29, 0.717) is 6.04 Å². The molecule has 2 nitrogen and oxygen atoms in total. The van der Waals surface area contributed by atoms with Crippen molar-refractivity contribution in [2.24, 2.45) is 11.7 Å². The summed E-state index contributed by atoms with van der Waals surface area (Å²) >= 11 is 1.91. The first-order valence-corrected chi connectivity index (χ1v) is 6.08. The van der Waals surface area contributed by atoms with E-state index in [-0.39, 0.29) is 0 Å². The quantitative estimate of drug-likeness (QED) is 0.675. The minimum Gasteiger partial charge on any atom is -0.329 e. The molecule has 0 aromatic carbocycles. The number of thioether (sulfide) groups is 1. The smallest absolute Gasteiger partial charge is 0.0243 e. The van der Waals surface area contributed by atoms with E-state index in [9.17, 15) is 0 Å². The van der Waals surface area contributed by atoms with E-state index in [1.54, 1.807) is 0 Å². The lowest BCUT2D eigenvalue weighted by molar-refractivity contribution is 0.236. The van der Waals surface area contributed by atoms with Crippen molar-refractivity contribution in [2.75, 3.05) is 32.1 Å². The van der Waals surface area contributed by atoms with E-state index < -0.39 is 0 Å². The van der Waals surface area contributed by atoms with Crippen LogP contribution in [-0.4, -0.2) is 43.1 Å². The van der Waals surface area contributed by atoms with Crippen LogP contribution in [0.25, 0.3) is 0 Å². The molecular formula is C9H20N2S. The monoisotopic (exact) mass is 188 g/mol. The molecule has 0 spiro atoms. The third kappa shape index (κ3) is 2.96. The average molecular weight is 188 g/mol. The Morgan fingerprint density at radius 1 is 1.58 bits per heavy atom. The number of nitrogens with two attached hydrogens (primary N) is 1. The van der Waals surface area contributed by atoms with Crippen molar-refractivity contribution < 1.29 is 0 Å². The highest BCUT2D eigenvalue weighted by atomic mass is 32.2. The van der Waals surface area contributed by atoms with E-state index >= 15 is 0 Å². The van der Waals surface area contributed by atoms with Gasteiger partial charge in [0.25, 0.3) is 0 Å². The van der Waals surface area contributed by atoms with Gasteiger partial charge < -0.3 is 10.6 Å². The van der Waals surface area contributed by atoms with Gasteiger partial charge in [0.2, 0.25) is 0 Å². The molecule has 1 unspecified atom stereocenters. The summed E-state index contributed by atoms with van der Waals surface area (Å²) in [6, 6.07) is 0.650. The molecule has 1 rings (SSSR count). The van der Waals surface area contributed by atoms with Gasteiger partial charge in [0, 0.05) is 24.9 Å². The number of likely N-dealkylation sites (N-methyl/N-ethyl adjacent to an activating group) is 1. The Bertz CT molecular complexity index is 126. The molecule has 0 amide bonds. The van der Waals surface area contributed by atoms with Gasteiger partial charge in [-0.1, -0.05) is 0 Å². The van der Waals surface area contributed by atoms with Crippen LogP contribution in [0.2, 0.25) is 0 Å². The van der Waals surface area contributed by atoms with E-state index in [0.717, 1.165) is 12.5 Å². The molecule has 1 aliphatic rings. The molecule has 0 saturated heterocycles.